The third kappa shape index (κ3) is 6.47. The van der Waals surface area contributed by atoms with Crippen LogP contribution in [0.1, 0.15) is 24.2 Å². The van der Waals surface area contributed by atoms with E-state index in [-0.39, 0.29) is 30.8 Å². The molecule has 2 aromatic carbocycles. The number of hydrogen-bond acceptors (Lipinski definition) is 9. The second-order valence-corrected chi connectivity index (χ2v) is 10.2. The van der Waals surface area contributed by atoms with Crippen molar-refractivity contribution >= 4 is 46.6 Å². The van der Waals surface area contributed by atoms with E-state index in [0.29, 0.717) is 53.8 Å². The Morgan fingerprint density at radius 2 is 1.89 bits per heavy atom. The summed E-state index contributed by atoms with van der Waals surface area (Å²) < 4.78 is 15.2. The Hall–Kier alpha value is -3.54. The maximum absolute atomic E-state index is 13.6. The zero-order valence-electron chi connectivity index (χ0n) is 20.7. The fraction of sp³-hybridized carbons (Fsp3) is 0.346. The molecule has 1 aromatic heterocycles. The minimum absolute atomic E-state index is 0.133. The number of carbonyl (C=O) groups excluding carboxylic acids is 2. The fourth-order valence-electron chi connectivity index (χ4n) is 4.18. The molecular weight excluding hydrogens is 528 g/mol. The monoisotopic (exact) mass is 554 g/mol. The summed E-state index contributed by atoms with van der Waals surface area (Å²) in [6.45, 7) is 3.32. The standard InChI is InChI=1S/C26H27ClN6O4S/c1-16-29-26(38-32-16)37-21-8-6-20(7-9-21)30-25-28-14-22(31-23(34)18-10-12-36-13-11-18)24(35)33(25)15-17-2-4-19(27)5-3-17/h2-9,18,22H,10-15H2,1H3,(H,28,30)(H,31,34). The van der Waals surface area contributed by atoms with Crippen LogP contribution in [0.25, 0.3) is 0 Å². The van der Waals surface area contributed by atoms with Crippen molar-refractivity contribution in [3.63, 3.8) is 0 Å². The molecule has 0 saturated carbocycles. The molecule has 3 aromatic rings. The lowest BCUT2D eigenvalue weighted by molar-refractivity contribution is -0.136. The Labute approximate surface area is 229 Å². The van der Waals surface area contributed by atoms with Crippen LogP contribution in [-0.4, -0.2) is 57.8 Å². The summed E-state index contributed by atoms with van der Waals surface area (Å²) in [6, 6.07) is 13.8. The Bertz CT molecular complexity index is 1310. The molecule has 0 aliphatic carbocycles. The smallest absolute Gasteiger partial charge is 0.298 e. The third-order valence-electron chi connectivity index (χ3n) is 6.23. The maximum Gasteiger partial charge on any atom is 0.298 e. The van der Waals surface area contributed by atoms with Crippen LogP contribution in [0.4, 0.5) is 5.69 Å². The number of ether oxygens (including phenoxy) is 2. The highest BCUT2D eigenvalue weighted by molar-refractivity contribution is 7.07. The van der Waals surface area contributed by atoms with Crippen molar-refractivity contribution in [3.8, 4) is 10.9 Å². The molecular formula is C26H27ClN6O4S. The molecule has 0 radical (unpaired) electrons. The minimum Gasteiger partial charge on any atom is -0.430 e. The van der Waals surface area contributed by atoms with E-state index in [1.54, 1.807) is 36.1 Å². The fourth-order valence-corrected chi connectivity index (χ4v) is 4.86. The van der Waals surface area contributed by atoms with E-state index in [9.17, 15) is 9.59 Å². The number of carbonyl (C=O) groups is 2. The van der Waals surface area contributed by atoms with Crippen molar-refractivity contribution in [1.29, 1.82) is 0 Å². The second kappa shape index (κ2) is 11.9. The zero-order chi connectivity index (χ0) is 26.5. The predicted molar refractivity (Wildman–Crippen MR) is 145 cm³/mol. The van der Waals surface area contributed by atoms with Crippen molar-refractivity contribution in [1.82, 2.24) is 19.6 Å². The van der Waals surface area contributed by atoms with Crippen molar-refractivity contribution in [2.75, 3.05) is 25.1 Å². The molecule has 2 amide bonds. The van der Waals surface area contributed by atoms with Crippen LogP contribution in [0, 0.1) is 12.8 Å². The number of hydrogen-bond donors (Lipinski definition) is 2. The highest BCUT2D eigenvalue weighted by Gasteiger charge is 2.35. The molecule has 1 fully saturated rings. The van der Waals surface area contributed by atoms with Crippen molar-refractivity contribution in [3.05, 3.63) is 64.9 Å². The first-order chi connectivity index (χ1) is 18.4. The average Bonchev–Trinajstić information content (AvgIpc) is 3.34. The Balaban J connectivity index is 1.31. The van der Waals surface area contributed by atoms with Gasteiger partial charge in [0.2, 0.25) is 11.9 Å². The van der Waals surface area contributed by atoms with Crippen molar-refractivity contribution < 1.29 is 19.1 Å². The highest BCUT2D eigenvalue weighted by atomic mass is 35.5. The molecule has 10 nitrogen and oxygen atoms in total. The average molecular weight is 555 g/mol. The van der Waals surface area contributed by atoms with Crippen molar-refractivity contribution in [2.24, 2.45) is 10.9 Å². The lowest BCUT2D eigenvalue weighted by Crippen LogP contribution is -2.57. The topological polar surface area (TPSA) is 118 Å². The summed E-state index contributed by atoms with van der Waals surface area (Å²) in [7, 11) is 0. The molecule has 0 bridgehead atoms. The van der Waals surface area contributed by atoms with Crippen LogP contribution >= 0.6 is 23.1 Å². The summed E-state index contributed by atoms with van der Waals surface area (Å²) in [5.74, 6) is 1.15. The van der Waals surface area contributed by atoms with Gasteiger partial charge in [0.05, 0.1) is 13.1 Å². The molecule has 5 rings (SSSR count). The SMILES string of the molecule is Cc1nsc(Oc2ccc(NC3=NCC(NC(=O)C4CCOCC4)C(=O)N3Cc3ccc(Cl)cc3)cc2)n1. The van der Waals surface area contributed by atoms with E-state index in [2.05, 4.69) is 25.0 Å². The van der Waals surface area contributed by atoms with E-state index in [4.69, 9.17) is 21.1 Å². The van der Waals surface area contributed by atoms with Crippen LogP contribution in [0.2, 0.25) is 5.02 Å². The number of amides is 2. The number of anilines is 1. The van der Waals surface area contributed by atoms with Gasteiger partial charge in [0.15, 0.2) is 0 Å². The summed E-state index contributed by atoms with van der Waals surface area (Å²) in [6.07, 6.45) is 1.30. The molecule has 0 spiro atoms. The number of aromatic nitrogens is 2. The van der Waals surface area contributed by atoms with Crippen LogP contribution in [0.3, 0.4) is 0 Å². The number of nitrogens with one attached hydrogen (secondary N) is 2. The Kier molecular flexibility index (Phi) is 8.16. The molecule has 2 aliphatic rings. The van der Waals surface area contributed by atoms with Gasteiger partial charge in [-0.1, -0.05) is 23.7 Å². The number of aliphatic imine (C=N–C) groups is 1. The van der Waals surface area contributed by atoms with E-state index in [0.717, 1.165) is 11.3 Å². The van der Waals surface area contributed by atoms with Gasteiger partial charge in [0.1, 0.15) is 17.6 Å². The van der Waals surface area contributed by atoms with Crippen LogP contribution in [0.5, 0.6) is 10.9 Å². The van der Waals surface area contributed by atoms with Gasteiger partial charge in [0, 0.05) is 41.4 Å². The summed E-state index contributed by atoms with van der Waals surface area (Å²) in [4.78, 5) is 36.8. The molecule has 2 aliphatic heterocycles. The van der Waals surface area contributed by atoms with Gasteiger partial charge < -0.3 is 20.1 Å². The molecule has 1 unspecified atom stereocenters. The minimum atomic E-state index is -0.741. The van der Waals surface area contributed by atoms with Gasteiger partial charge >= 0.3 is 0 Å². The van der Waals surface area contributed by atoms with Crippen LogP contribution in [0.15, 0.2) is 53.5 Å². The predicted octanol–water partition coefficient (Wildman–Crippen LogP) is 4.01. The molecule has 2 N–H and O–H groups in total. The molecule has 198 valence electrons. The first-order valence-corrected chi connectivity index (χ1v) is 13.4. The highest BCUT2D eigenvalue weighted by Crippen LogP contribution is 2.25. The largest absolute Gasteiger partial charge is 0.430 e. The van der Waals surface area contributed by atoms with Gasteiger partial charge in [-0.05, 0) is 61.7 Å². The number of nitrogens with zero attached hydrogens (tertiary/aromatic N) is 4. The Morgan fingerprint density at radius 3 is 2.58 bits per heavy atom. The van der Waals surface area contributed by atoms with E-state index < -0.39 is 6.04 Å². The summed E-state index contributed by atoms with van der Waals surface area (Å²) in [5, 5.41) is 7.23. The van der Waals surface area contributed by atoms with Crippen LogP contribution < -0.4 is 15.4 Å². The number of guanidine groups is 1. The number of halogens is 1. The first kappa shape index (κ1) is 26.1. The lowest BCUT2D eigenvalue weighted by atomic mass is 9.99. The summed E-state index contributed by atoms with van der Waals surface area (Å²) >= 11 is 7.23. The van der Waals surface area contributed by atoms with Gasteiger partial charge in [-0.3, -0.25) is 14.5 Å². The molecule has 1 saturated heterocycles. The zero-order valence-corrected chi connectivity index (χ0v) is 22.3. The van der Waals surface area contributed by atoms with Crippen molar-refractivity contribution in [2.45, 2.75) is 32.4 Å². The summed E-state index contributed by atoms with van der Waals surface area (Å²) in [5.41, 5.74) is 1.60. The number of aryl methyl sites for hydroxylation is 1. The molecule has 3 heterocycles. The Morgan fingerprint density at radius 1 is 1.16 bits per heavy atom. The van der Waals surface area contributed by atoms with E-state index in [1.807, 2.05) is 24.3 Å². The molecule has 38 heavy (non-hydrogen) atoms. The van der Waals surface area contributed by atoms with Gasteiger partial charge in [0.25, 0.3) is 11.1 Å². The van der Waals surface area contributed by atoms with E-state index in [1.165, 1.54) is 11.5 Å². The second-order valence-electron chi connectivity index (χ2n) is 9.02. The van der Waals surface area contributed by atoms with Gasteiger partial charge in [-0.2, -0.15) is 9.36 Å². The molecule has 12 heteroatoms. The maximum atomic E-state index is 13.6. The third-order valence-corrected chi connectivity index (χ3v) is 7.17. The molecule has 1 atom stereocenters. The lowest BCUT2D eigenvalue weighted by Gasteiger charge is -2.33. The van der Waals surface area contributed by atoms with E-state index >= 15 is 0 Å². The van der Waals surface area contributed by atoms with Crippen LogP contribution in [-0.2, 0) is 20.9 Å². The quantitative estimate of drug-likeness (QED) is 0.453. The first-order valence-electron chi connectivity index (χ1n) is 12.3. The number of rotatable bonds is 7. The normalized spacial score (nSPS) is 18.2. The number of benzene rings is 2. The van der Waals surface area contributed by atoms with Gasteiger partial charge in [-0.25, -0.2) is 4.99 Å². The van der Waals surface area contributed by atoms with Gasteiger partial charge in [-0.15, -0.1) is 0 Å².